The average molecular weight is 194 g/mol. The SMILES string of the molecule is CC.CC.CC(=O)C1=CC=CCC=C1. The molecule has 0 bridgehead atoms. The number of ketones is 1. The van der Waals surface area contributed by atoms with E-state index in [0.29, 0.717) is 0 Å². The Bertz CT molecular complexity index is 219. The number of carbonyl (C=O) groups is 1. The summed E-state index contributed by atoms with van der Waals surface area (Å²) in [6, 6.07) is 0. The molecule has 0 amide bonds. The molecule has 0 saturated carbocycles. The lowest BCUT2D eigenvalue weighted by Gasteiger charge is -1.89. The smallest absolute Gasteiger partial charge is 0.159 e. The maximum atomic E-state index is 10.8. The number of allylic oxidation sites excluding steroid dienone is 6. The molecular formula is C13H22O. The molecule has 1 nitrogen and oxygen atoms in total. The van der Waals surface area contributed by atoms with Gasteiger partial charge in [0.15, 0.2) is 5.78 Å². The summed E-state index contributed by atoms with van der Waals surface area (Å²) < 4.78 is 0. The van der Waals surface area contributed by atoms with Crippen LogP contribution in [0.3, 0.4) is 0 Å². The van der Waals surface area contributed by atoms with Crippen molar-refractivity contribution in [1.29, 1.82) is 0 Å². The molecule has 80 valence electrons. The van der Waals surface area contributed by atoms with E-state index >= 15 is 0 Å². The first-order chi connectivity index (χ1) is 6.80. The molecule has 0 unspecified atom stereocenters. The van der Waals surface area contributed by atoms with Gasteiger partial charge in [0.1, 0.15) is 0 Å². The topological polar surface area (TPSA) is 17.1 Å². The molecule has 0 spiro atoms. The van der Waals surface area contributed by atoms with E-state index in [-0.39, 0.29) is 5.78 Å². The molecule has 0 atom stereocenters. The fourth-order valence-electron chi connectivity index (χ4n) is 0.814. The molecule has 0 fully saturated rings. The third-order valence-electron chi connectivity index (χ3n) is 1.39. The molecule has 14 heavy (non-hydrogen) atoms. The minimum absolute atomic E-state index is 0.128. The van der Waals surface area contributed by atoms with Crippen LogP contribution in [0.1, 0.15) is 41.0 Å². The molecule has 1 heteroatoms. The second-order valence-electron chi connectivity index (χ2n) is 2.24. The van der Waals surface area contributed by atoms with Gasteiger partial charge in [0, 0.05) is 5.57 Å². The van der Waals surface area contributed by atoms with E-state index in [2.05, 4.69) is 0 Å². The van der Waals surface area contributed by atoms with Crippen molar-refractivity contribution in [2.24, 2.45) is 0 Å². The highest BCUT2D eigenvalue weighted by Crippen LogP contribution is 2.04. The van der Waals surface area contributed by atoms with Gasteiger partial charge < -0.3 is 0 Å². The fraction of sp³-hybridized carbons (Fsp3) is 0.462. The van der Waals surface area contributed by atoms with Crippen molar-refractivity contribution in [2.45, 2.75) is 41.0 Å². The third-order valence-corrected chi connectivity index (χ3v) is 1.39. The molecule has 1 rings (SSSR count). The molecule has 0 aromatic carbocycles. The number of Topliss-reactive ketones (excluding diaryl/α,β-unsaturated/α-hetero) is 1. The van der Waals surface area contributed by atoms with E-state index < -0.39 is 0 Å². The Morgan fingerprint density at radius 1 is 1.14 bits per heavy atom. The zero-order valence-corrected chi connectivity index (χ0v) is 10.0. The fourth-order valence-corrected chi connectivity index (χ4v) is 0.814. The van der Waals surface area contributed by atoms with Gasteiger partial charge in [0.05, 0.1) is 0 Å². The van der Waals surface area contributed by atoms with Crippen LogP contribution in [-0.2, 0) is 4.79 Å². The molecular weight excluding hydrogens is 172 g/mol. The van der Waals surface area contributed by atoms with Crippen LogP contribution in [0.25, 0.3) is 0 Å². The summed E-state index contributed by atoms with van der Waals surface area (Å²) in [5, 5.41) is 0. The lowest BCUT2D eigenvalue weighted by atomic mass is 10.2. The molecule has 1 aliphatic carbocycles. The van der Waals surface area contributed by atoms with Gasteiger partial charge in [-0.05, 0) is 13.3 Å². The van der Waals surface area contributed by atoms with E-state index in [1.807, 2.05) is 58.1 Å². The minimum Gasteiger partial charge on any atom is -0.295 e. The van der Waals surface area contributed by atoms with Gasteiger partial charge in [-0.15, -0.1) is 0 Å². The Hall–Kier alpha value is -1.11. The van der Waals surface area contributed by atoms with Gasteiger partial charge in [0.2, 0.25) is 0 Å². The van der Waals surface area contributed by atoms with Crippen LogP contribution in [0, 0.1) is 0 Å². The monoisotopic (exact) mass is 194 g/mol. The Labute approximate surface area is 88.2 Å². The van der Waals surface area contributed by atoms with E-state index in [1.54, 1.807) is 6.92 Å². The maximum absolute atomic E-state index is 10.8. The lowest BCUT2D eigenvalue weighted by Crippen LogP contribution is -1.91. The summed E-state index contributed by atoms with van der Waals surface area (Å²) in [5.74, 6) is 0.128. The highest BCUT2D eigenvalue weighted by atomic mass is 16.1. The molecule has 0 aliphatic heterocycles. The van der Waals surface area contributed by atoms with E-state index in [0.717, 1.165) is 12.0 Å². The molecule has 0 radical (unpaired) electrons. The second kappa shape index (κ2) is 11.9. The van der Waals surface area contributed by atoms with Crippen LogP contribution in [0.2, 0.25) is 0 Å². The predicted octanol–water partition coefficient (Wildman–Crippen LogP) is 4.07. The summed E-state index contributed by atoms with van der Waals surface area (Å²) in [4.78, 5) is 10.8. The van der Waals surface area contributed by atoms with E-state index in [9.17, 15) is 4.79 Å². The average Bonchev–Trinajstić information content (AvgIpc) is 2.52. The van der Waals surface area contributed by atoms with Crippen molar-refractivity contribution in [3.63, 3.8) is 0 Å². The summed E-state index contributed by atoms with van der Waals surface area (Å²) in [7, 11) is 0. The van der Waals surface area contributed by atoms with Crippen LogP contribution < -0.4 is 0 Å². The van der Waals surface area contributed by atoms with E-state index in [4.69, 9.17) is 0 Å². The van der Waals surface area contributed by atoms with Crippen molar-refractivity contribution in [3.8, 4) is 0 Å². The first-order valence-corrected chi connectivity index (χ1v) is 5.35. The molecule has 0 aromatic rings. The Morgan fingerprint density at radius 2 is 1.71 bits per heavy atom. The lowest BCUT2D eigenvalue weighted by molar-refractivity contribution is -0.113. The van der Waals surface area contributed by atoms with Crippen molar-refractivity contribution in [1.82, 2.24) is 0 Å². The third kappa shape index (κ3) is 7.53. The minimum atomic E-state index is 0.128. The molecule has 0 aromatic heterocycles. The van der Waals surface area contributed by atoms with Crippen LogP contribution in [0.5, 0.6) is 0 Å². The van der Waals surface area contributed by atoms with Crippen LogP contribution >= 0.6 is 0 Å². The van der Waals surface area contributed by atoms with E-state index in [1.165, 1.54) is 0 Å². The van der Waals surface area contributed by atoms with Gasteiger partial charge in [-0.3, -0.25) is 4.79 Å². The number of hydrogen-bond donors (Lipinski definition) is 0. The largest absolute Gasteiger partial charge is 0.295 e. The zero-order chi connectivity index (χ0) is 11.4. The zero-order valence-electron chi connectivity index (χ0n) is 10.0. The van der Waals surface area contributed by atoms with Crippen molar-refractivity contribution < 1.29 is 4.79 Å². The van der Waals surface area contributed by atoms with Crippen molar-refractivity contribution in [3.05, 3.63) is 36.0 Å². The van der Waals surface area contributed by atoms with Crippen LogP contribution in [0.4, 0.5) is 0 Å². The van der Waals surface area contributed by atoms with Crippen molar-refractivity contribution >= 4 is 5.78 Å². The summed E-state index contributed by atoms with van der Waals surface area (Å²) in [6.45, 7) is 9.58. The normalized spacial score (nSPS) is 12.5. The number of hydrogen-bond acceptors (Lipinski definition) is 1. The van der Waals surface area contributed by atoms with Crippen molar-refractivity contribution in [2.75, 3.05) is 0 Å². The van der Waals surface area contributed by atoms with Crippen LogP contribution in [0.15, 0.2) is 36.0 Å². The van der Waals surface area contributed by atoms with Gasteiger partial charge in [0.25, 0.3) is 0 Å². The quantitative estimate of drug-likeness (QED) is 0.615. The molecule has 0 N–H and O–H groups in total. The van der Waals surface area contributed by atoms with Gasteiger partial charge in [-0.2, -0.15) is 0 Å². The Kier molecular flexibility index (Phi) is 13.1. The first kappa shape index (κ1) is 15.4. The summed E-state index contributed by atoms with van der Waals surface area (Å²) in [5.41, 5.74) is 0.786. The second-order valence-corrected chi connectivity index (χ2v) is 2.24. The number of carbonyl (C=O) groups excluding carboxylic acids is 1. The summed E-state index contributed by atoms with van der Waals surface area (Å²) >= 11 is 0. The summed E-state index contributed by atoms with van der Waals surface area (Å²) in [6.07, 6.45) is 10.5. The highest BCUT2D eigenvalue weighted by molar-refractivity contribution is 5.96. The Balaban J connectivity index is 0. The molecule has 0 saturated heterocycles. The van der Waals surface area contributed by atoms with Crippen LogP contribution in [-0.4, -0.2) is 5.78 Å². The standard InChI is InChI=1S/C9H10O.2C2H6/c1-8(10)9-6-4-2-3-5-7-9;2*1-2/h2,4-7H,3H2,1H3;2*1-2H3. The number of rotatable bonds is 1. The molecule has 1 aliphatic rings. The predicted molar refractivity (Wildman–Crippen MR) is 64.4 cm³/mol. The highest BCUT2D eigenvalue weighted by Gasteiger charge is 1.97. The maximum Gasteiger partial charge on any atom is 0.159 e. The first-order valence-electron chi connectivity index (χ1n) is 5.35. The van der Waals surface area contributed by atoms with Gasteiger partial charge in [-0.25, -0.2) is 0 Å². The van der Waals surface area contributed by atoms with Gasteiger partial charge in [-0.1, -0.05) is 58.1 Å². The van der Waals surface area contributed by atoms with Gasteiger partial charge >= 0.3 is 0 Å². The molecule has 0 heterocycles. The Morgan fingerprint density at radius 3 is 2.21 bits per heavy atom.